The summed E-state index contributed by atoms with van der Waals surface area (Å²) in [4.78, 5) is 51.2. The maximum Gasteiger partial charge on any atom is 0.324 e. The number of pyridine rings is 1. The number of methoxy groups -OCH3 is 1. The van der Waals surface area contributed by atoms with Gasteiger partial charge in [-0.2, -0.15) is 0 Å². The number of nitrogens with zero attached hydrogens (tertiary/aromatic N) is 4. The fourth-order valence-corrected chi connectivity index (χ4v) is 9.04. The van der Waals surface area contributed by atoms with E-state index in [-0.39, 0.29) is 36.9 Å². The number of rotatable bonds is 6. The van der Waals surface area contributed by atoms with E-state index in [4.69, 9.17) is 19.4 Å². The van der Waals surface area contributed by atoms with Gasteiger partial charge in [0.1, 0.15) is 12.1 Å². The Morgan fingerprint density at radius 1 is 1.19 bits per heavy atom. The molecule has 7 rings (SSSR count). The summed E-state index contributed by atoms with van der Waals surface area (Å²) in [5.41, 5.74) is 9.57. The molecule has 3 atom stereocenters. The van der Waals surface area contributed by atoms with Gasteiger partial charge in [-0.25, -0.2) is 10.4 Å². The van der Waals surface area contributed by atoms with Gasteiger partial charge in [0.2, 0.25) is 5.91 Å². The fourth-order valence-electron chi connectivity index (χ4n) is 8.19. The number of esters is 1. The standard InChI is InChI=1S/C41H52N6O6S/c1-6-46-34-16-13-26-19-29(34)30(37(46)28-9-7-17-42-36(28)24(2)52-5)21-41(3,4)23-53-40(51)31-10-8-18-47(45-31)39(50)32(20-35-43-33(26)22-54-35)44-38(49)25-11-14-27(48)15-12-25/h7,9,13,16-17,19,22,24-25,27,31-32,45,48H,6,8,10-12,14-15,18,20-21,23H2,1-5H3,(H,44,49)/t24-,25-,27-,31-,32-/m0/s1. The van der Waals surface area contributed by atoms with Crippen molar-refractivity contribution in [2.45, 2.75) is 110 Å². The van der Waals surface area contributed by atoms with E-state index >= 15 is 0 Å². The van der Waals surface area contributed by atoms with E-state index in [0.29, 0.717) is 51.5 Å². The van der Waals surface area contributed by atoms with Gasteiger partial charge in [-0.1, -0.05) is 19.9 Å². The number of amides is 2. The minimum atomic E-state index is -0.887. The van der Waals surface area contributed by atoms with E-state index in [1.54, 1.807) is 13.3 Å². The van der Waals surface area contributed by atoms with Crippen LogP contribution >= 0.6 is 11.3 Å². The highest BCUT2D eigenvalue weighted by Gasteiger charge is 2.37. The number of aryl methyl sites for hydroxylation is 1. The van der Waals surface area contributed by atoms with Gasteiger partial charge >= 0.3 is 5.97 Å². The predicted octanol–water partition coefficient (Wildman–Crippen LogP) is 5.75. The number of benzene rings is 1. The lowest BCUT2D eigenvalue weighted by molar-refractivity contribution is -0.155. The molecule has 54 heavy (non-hydrogen) atoms. The lowest BCUT2D eigenvalue weighted by Crippen LogP contribution is -2.60. The maximum atomic E-state index is 14.2. The second kappa shape index (κ2) is 15.9. The molecule has 2 fully saturated rings. The van der Waals surface area contributed by atoms with Crippen LogP contribution in [-0.2, 0) is 43.2 Å². The topological polar surface area (TPSA) is 148 Å². The van der Waals surface area contributed by atoms with E-state index in [0.717, 1.165) is 56.2 Å². The number of hydrogen-bond acceptors (Lipinski definition) is 10. The normalized spacial score (nSPS) is 24.1. The van der Waals surface area contributed by atoms with Crippen molar-refractivity contribution in [3.8, 4) is 22.5 Å². The lowest BCUT2D eigenvalue weighted by Gasteiger charge is -2.36. The van der Waals surface area contributed by atoms with E-state index < -0.39 is 29.6 Å². The van der Waals surface area contributed by atoms with Crippen molar-refractivity contribution in [2.24, 2.45) is 11.3 Å². The van der Waals surface area contributed by atoms with Crippen LogP contribution < -0.4 is 10.7 Å². The molecule has 1 aromatic carbocycles. The first-order valence-electron chi connectivity index (χ1n) is 19.3. The van der Waals surface area contributed by atoms with E-state index in [9.17, 15) is 19.5 Å². The first kappa shape index (κ1) is 38.1. The van der Waals surface area contributed by atoms with Crippen LogP contribution in [0.15, 0.2) is 41.9 Å². The Morgan fingerprint density at radius 3 is 2.74 bits per heavy atom. The van der Waals surface area contributed by atoms with E-state index in [1.165, 1.54) is 16.3 Å². The molecule has 288 valence electrons. The summed E-state index contributed by atoms with van der Waals surface area (Å²) in [7, 11) is 1.69. The third kappa shape index (κ3) is 7.82. The number of carbonyl (C=O) groups excluding carboxylic acids is 3. The number of hydrogen-bond donors (Lipinski definition) is 3. The summed E-state index contributed by atoms with van der Waals surface area (Å²) in [5, 5.41) is 18.4. The minimum Gasteiger partial charge on any atom is -0.464 e. The molecule has 0 radical (unpaired) electrons. The van der Waals surface area contributed by atoms with Crippen LogP contribution in [0, 0.1) is 11.3 Å². The molecule has 0 unspecified atom stereocenters. The number of hydrazine groups is 1. The van der Waals surface area contributed by atoms with Crippen LogP contribution in [0.5, 0.6) is 0 Å². The van der Waals surface area contributed by atoms with Crippen LogP contribution in [0.3, 0.4) is 0 Å². The Hall–Kier alpha value is -4.17. The molecule has 2 aliphatic heterocycles. The second-order valence-corrected chi connectivity index (χ2v) is 16.7. The number of thiazole rings is 1. The zero-order valence-electron chi connectivity index (χ0n) is 31.9. The Balaban J connectivity index is 1.33. The Bertz CT molecular complexity index is 2020. The molecule has 13 heteroatoms. The van der Waals surface area contributed by atoms with Crippen molar-refractivity contribution >= 4 is 40.0 Å². The van der Waals surface area contributed by atoms with Crippen LogP contribution in [0.2, 0.25) is 0 Å². The number of cyclic esters (lactones) is 1. The molecule has 1 saturated heterocycles. The van der Waals surface area contributed by atoms with E-state index in [2.05, 4.69) is 60.3 Å². The number of aliphatic hydroxyl groups excluding tert-OH is 1. The summed E-state index contributed by atoms with van der Waals surface area (Å²) < 4.78 is 14.2. The predicted molar refractivity (Wildman–Crippen MR) is 207 cm³/mol. The van der Waals surface area contributed by atoms with E-state index in [1.807, 2.05) is 18.4 Å². The maximum absolute atomic E-state index is 14.2. The molecule has 1 aliphatic carbocycles. The van der Waals surface area contributed by atoms with Crippen LogP contribution in [0.1, 0.15) is 88.6 Å². The zero-order valence-corrected chi connectivity index (χ0v) is 32.7. The average molecular weight is 757 g/mol. The molecule has 4 aromatic rings. The Morgan fingerprint density at radius 2 is 1.98 bits per heavy atom. The van der Waals surface area contributed by atoms with Gasteiger partial charge in [-0.05, 0) is 88.6 Å². The van der Waals surface area contributed by atoms with Gasteiger partial charge < -0.3 is 24.5 Å². The molecule has 5 heterocycles. The van der Waals surface area contributed by atoms with Crippen molar-refractivity contribution in [1.29, 1.82) is 0 Å². The van der Waals surface area contributed by atoms with Crippen LogP contribution in [-0.4, -0.2) is 80.9 Å². The van der Waals surface area contributed by atoms with Gasteiger partial charge in [-0.15, -0.1) is 11.3 Å². The summed E-state index contributed by atoms with van der Waals surface area (Å²) >= 11 is 1.46. The highest BCUT2D eigenvalue weighted by atomic mass is 32.1. The minimum absolute atomic E-state index is 0.175. The molecule has 3 N–H and O–H groups in total. The highest BCUT2D eigenvalue weighted by Crippen LogP contribution is 2.42. The summed E-state index contributed by atoms with van der Waals surface area (Å²) in [6, 6.07) is 8.92. The summed E-state index contributed by atoms with van der Waals surface area (Å²) in [6.07, 6.45) is 5.40. The molecular formula is C41H52N6O6S. The number of aromatic nitrogens is 3. The second-order valence-electron chi connectivity index (χ2n) is 15.8. The largest absolute Gasteiger partial charge is 0.464 e. The molecule has 3 aliphatic rings. The average Bonchev–Trinajstić information content (AvgIpc) is 3.77. The molecule has 2 amide bonds. The zero-order chi connectivity index (χ0) is 38.1. The van der Waals surface area contributed by atoms with Crippen LogP contribution in [0.25, 0.3) is 33.4 Å². The molecule has 1 saturated carbocycles. The monoisotopic (exact) mass is 756 g/mol. The van der Waals surface area contributed by atoms with Crippen molar-refractivity contribution in [3.63, 3.8) is 0 Å². The first-order chi connectivity index (χ1) is 26.0. The van der Waals surface area contributed by atoms with Gasteiger partial charge in [0, 0.05) is 71.6 Å². The molecular weight excluding hydrogens is 705 g/mol. The van der Waals surface area contributed by atoms with Gasteiger partial charge in [0.25, 0.3) is 5.91 Å². The SMILES string of the molecule is CCn1c(-c2cccnc2[C@H](C)OC)c2c3cc(ccc31)-c1csc(n1)C[C@H](NC(=O)[C@H]1CC[C@H](O)CC1)C(=O)N1CCC[C@H](N1)C(=O)OCC(C)(C)C2. The third-order valence-electron chi connectivity index (χ3n) is 11.2. The van der Waals surface area contributed by atoms with Crippen molar-refractivity contribution in [3.05, 3.63) is 58.2 Å². The van der Waals surface area contributed by atoms with Crippen LogP contribution in [0.4, 0.5) is 0 Å². The number of ether oxygens (including phenoxy) is 2. The lowest BCUT2D eigenvalue weighted by atomic mass is 9.84. The smallest absolute Gasteiger partial charge is 0.324 e. The number of carbonyl (C=O) groups is 3. The van der Waals surface area contributed by atoms with Crippen molar-refractivity contribution < 1.29 is 29.0 Å². The van der Waals surface area contributed by atoms with Crippen molar-refractivity contribution in [2.75, 3.05) is 20.3 Å². The summed E-state index contributed by atoms with van der Waals surface area (Å²) in [6.45, 7) is 9.67. The van der Waals surface area contributed by atoms with Gasteiger partial charge in [-0.3, -0.25) is 24.4 Å². The Labute approximate surface area is 320 Å². The number of aliphatic hydroxyl groups is 1. The number of fused-ring (bicyclic) bond motifs is 6. The molecule has 6 bridgehead atoms. The molecule has 0 spiro atoms. The quantitative estimate of drug-likeness (QED) is 0.209. The first-order valence-corrected chi connectivity index (χ1v) is 20.1. The van der Waals surface area contributed by atoms with Gasteiger partial charge in [0.15, 0.2) is 0 Å². The molecule has 3 aromatic heterocycles. The summed E-state index contributed by atoms with van der Waals surface area (Å²) in [5.74, 6) is -1.19. The van der Waals surface area contributed by atoms with Crippen molar-refractivity contribution in [1.82, 2.24) is 30.3 Å². The molecule has 12 nitrogen and oxygen atoms in total. The third-order valence-corrected chi connectivity index (χ3v) is 12.1. The number of nitrogens with one attached hydrogen (secondary N) is 2. The highest BCUT2D eigenvalue weighted by molar-refractivity contribution is 7.10. The fraction of sp³-hybridized carbons (Fsp3) is 0.537. The van der Waals surface area contributed by atoms with Gasteiger partial charge in [0.05, 0.1) is 40.9 Å². The Kier molecular flexibility index (Phi) is 11.2.